The van der Waals surface area contributed by atoms with Gasteiger partial charge in [0, 0.05) is 28.9 Å². The SMILES string of the molecule is Cc1csc(-c2ccc(NC(=O)N3CCOC(C)(C)C3)cc2)n1. The van der Waals surface area contributed by atoms with Gasteiger partial charge in [0.05, 0.1) is 18.8 Å². The molecule has 2 heterocycles. The van der Waals surface area contributed by atoms with Crippen LogP contribution in [0, 0.1) is 6.92 Å². The van der Waals surface area contributed by atoms with E-state index in [1.807, 2.05) is 50.4 Å². The highest BCUT2D eigenvalue weighted by Crippen LogP contribution is 2.25. The third-order valence-electron chi connectivity index (χ3n) is 3.71. The standard InChI is InChI=1S/C17H21N3O2S/c1-12-10-23-15(18-12)13-4-6-14(7-5-13)19-16(21)20-8-9-22-17(2,3)11-20/h4-7,10H,8-9,11H2,1-3H3,(H,19,21). The van der Waals surface area contributed by atoms with Crippen LogP contribution >= 0.6 is 11.3 Å². The van der Waals surface area contributed by atoms with Crippen LogP contribution in [0.2, 0.25) is 0 Å². The highest BCUT2D eigenvalue weighted by molar-refractivity contribution is 7.13. The fraction of sp³-hybridized carbons (Fsp3) is 0.412. The first-order chi connectivity index (χ1) is 10.9. The first kappa shape index (κ1) is 16.0. The monoisotopic (exact) mass is 331 g/mol. The van der Waals surface area contributed by atoms with Gasteiger partial charge in [-0.25, -0.2) is 9.78 Å². The molecule has 1 aromatic heterocycles. The smallest absolute Gasteiger partial charge is 0.322 e. The van der Waals surface area contributed by atoms with Crippen molar-refractivity contribution in [2.45, 2.75) is 26.4 Å². The van der Waals surface area contributed by atoms with Crippen LogP contribution in [0.4, 0.5) is 10.5 Å². The zero-order valence-corrected chi connectivity index (χ0v) is 14.4. The van der Waals surface area contributed by atoms with E-state index in [9.17, 15) is 4.79 Å². The number of rotatable bonds is 2. The number of thiazole rings is 1. The van der Waals surface area contributed by atoms with Crippen molar-refractivity contribution < 1.29 is 9.53 Å². The summed E-state index contributed by atoms with van der Waals surface area (Å²) in [5, 5.41) is 5.98. The van der Waals surface area contributed by atoms with Crippen molar-refractivity contribution in [2.75, 3.05) is 25.0 Å². The van der Waals surface area contributed by atoms with Crippen molar-refractivity contribution in [1.29, 1.82) is 0 Å². The number of amides is 2. The number of morpholine rings is 1. The number of aryl methyl sites for hydroxylation is 1. The number of aromatic nitrogens is 1. The molecule has 1 aromatic carbocycles. The van der Waals surface area contributed by atoms with Crippen molar-refractivity contribution >= 4 is 23.1 Å². The van der Waals surface area contributed by atoms with Crippen molar-refractivity contribution in [3.05, 3.63) is 35.3 Å². The van der Waals surface area contributed by atoms with E-state index in [-0.39, 0.29) is 11.6 Å². The predicted octanol–water partition coefficient (Wildman–Crippen LogP) is 3.76. The number of hydrogen-bond donors (Lipinski definition) is 1. The molecule has 0 saturated carbocycles. The van der Waals surface area contributed by atoms with Crippen LogP contribution in [0.15, 0.2) is 29.6 Å². The molecule has 0 unspecified atom stereocenters. The molecule has 0 aliphatic carbocycles. The third kappa shape index (κ3) is 3.89. The zero-order valence-electron chi connectivity index (χ0n) is 13.6. The maximum absolute atomic E-state index is 12.4. The second kappa shape index (κ2) is 6.29. The van der Waals surface area contributed by atoms with E-state index in [2.05, 4.69) is 10.3 Å². The lowest BCUT2D eigenvalue weighted by atomic mass is 10.1. The van der Waals surface area contributed by atoms with Crippen molar-refractivity contribution in [2.24, 2.45) is 0 Å². The molecule has 6 heteroatoms. The first-order valence-corrected chi connectivity index (χ1v) is 8.53. The van der Waals surface area contributed by atoms with Gasteiger partial charge in [-0.2, -0.15) is 0 Å². The van der Waals surface area contributed by atoms with Crippen LogP contribution in [-0.2, 0) is 4.74 Å². The van der Waals surface area contributed by atoms with Crippen LogP contribution < -0.4 is 5.32 Å². The summed E-state index contributed by atoms with van der Waals surface area (Å²) in [6, 6.07) is 7.71. The van der Waals surface area contributed by atoms with E-state index >= 15 is 0 Å². The summed E-state index contributed by atoms with van der Waals surface area (Å²) in [7, 11) is 0. The van der Waals surface area contributed by atoms with Gasteiger partial charge < -0.3 is 15.0 Å². The molecule has 5 nitrogen and oxygen atoms in total. The minimum Gasteiger partial charge on any atom is -0.372 e. The number of nitrogens with zero attached hydrogens (tertiary/aromatic N) is 2. The van der Waals surface area contributed by atoms with Gasteiger partial charge in [0.15, 0.2) is 0 Å². The zero-order chi connectivity index (χ0) is 16.4. The highest BCUT2D eigenvalue weighted by Gasteiger charge is 2.29. The Hall–Kier alpha value is -1.92. The minimum absolute atomic E-state index is 0.0841. The van der Waals surface area contributed by atoms with Crippen LogP contribution in [-0.4, -0.2) is 41.2 Å². The summed E-state index contributed by atoms with van der Waals surface area (Å²) in [4.78, 5) is 18.6. The lowest BCUT2D eigenvalue weighted by Crippen LogP contribution is -2.51. The molecular formula is C17H21N3O2S. The molecule has 1 fully saturated rings. The molecule has 23 heavy (non-hydrogen) atoms. The second-order valence-electron chi connectivity index (χ2n) is 6.33. The Morgan fingerprint density at radius 3 is 2.70 bits per heavy atom. The van der Waals surface area contributed by atoms with Crippen molar-refractivity contribution in [3.63, 3.8) is 0 Å². The normalized spacial score (nSPS) is 17.1. The molecular weight excluding hydrogens is 310 g/mol. The van der Waals surface area contributed by atoms with E-state index in [0.29, 0.717) is 19.7 Å². The van der Waals surface area contributed by atoms with Gasteiger partial charge in [0.25, 0.3) is 0 Å². The summed E-state index contributed by atoms with van der Waals surface area (Å²) in [6.45, 7) is 7.76. The van der Waals surface area contributed by atoms with Crippen molar-refractivity contribution in [3.8, 4) is 10.6 Å². The molecule has 122 valence electrons. The van der Waals surface area contributed by atoms with Crippen LogP contribution in [0.5, 0.6) is 0 Å². The number of carbonyl (C=O) groups is 1. The molecule has 0 radical (unpaired) electrons. The molecule has 2 amide bonds. The predicted molar refractivity (Wildman–Crippen MR) is 92.9 cm³/mol. The number of benzene rings is 1. The Labute approximate surface area is 140 Å². The molecule has 1 saturated heterocycles. The lowest BCUT2D eigenvalue weighted by Gasteiger charge is -2.38. The van der Waals surface area contributed by atoms with E-state index < -0.39 is 0 Å². The summed E-state index contributed by atoms with van der Waals surface area (Å²) in [5.41, 5.74) is 2.59. The molecule has 0 spiro atoms. The molecule has 1 aliphatic heterocycles. The van der Waals surface area contributed by atoms with Crippen LogP contribution in [0.1, 0.15) is 19.5 Å². The fourth-order valence-corrected chi connectivity index (χ4v) is 3.38. The van der Waals surface area contributed by atoms with Crippen LogP contribution in [0.3, 0.4) is 0 Å². The summed E-state index contributed by atoms with van der Waals surface area (Å²) < 4.78 is 5.64. The van der Waals surface area contributed by atoms with Gasteiger partial charge in [-0.05, 0) is 45.0 Å². The largest absolute Gasteiger partial charge is 0.372 e. The first-order valence-electron chi connectivity index (χ1n) is 7.65. The van der Waals surface area contributed by atoms with Crippen molar-refractivity contribution in [1.82, 2.24) is 9.88 Å². The van der Waals surface area contributed by atoms with Crippen LogP contribution in [0.25, 0.3) is 10.6 Å². The number of ether oxygens (including phenoxy) is 1. The number of urea groups is 1. The fourth-order valence-electron chi connectivity index (χ4n) is 2.58. The molecule has 0 bridgehead atoms. The summed E-state index contributed by atoms with van der Waals surface area (Å²) >= 11 is 1.62. The number of anilines is 1. The maximum Gasteiger partial charge on any atom is 0.322 e. The van der Waals surface area contributed by atoms with Gasteiger partial charge in [-0.1, -0.05) is 0 Å². The average Bonchev–Trinajstić information content (AvgIpc) is 2.93. The molecule has 0 atom stereocenters. The molecule has 1 N–H and O–H groups in total. The number of hydrogen-bond acceptors (Lipinski definition) is 4. The Bertz CT molecular complexity index is 694. The Morgan fingerprint density at radius 2 is 2.09 bits per heavy atom. The minimum atomic E-state index is -0.290. The third-order valence-corrected chi connectivity index (χ3v) is 4.72. The second-order valence-corrected chi connectivity index (χ2v) is 7.19. The van der Waals surface area contributed by atoms with Gasteiger partial charge in [0.2, 0.25) is 0 Å². The molecule has 1 aliphatic rings. The van der Waals surface area contributed by atoms with Gasteiger partial charge in [0.1, 0.15) is 5.01 Å². The Kier molecular flexibility index (Phi) is 4.37. The number of carbonyl (C=O) groups excluding carboxylic acids is 1. The maximum atomic E-state index is 12.4. The highest BCUT2D eigenvalue weighted by atomic mass is 32.1. The van der Waals surface area contributed by atoms with Gasteiger partial charge >= 0.3 is 6.03 Å². The topological polar surface area (TPSA) is 54.5 Å². The molecule has 2 aromatic rings. The van der Waals surface area contributed by atoms with E-state index in [0.717, 1.165) is 22.0 Å². The van der Waals surface area contributed by atoms with E-state index in [4.69, 9.17) is 4.74 Å². The number of nitrogens with one attached hydrogen (secondary N) is 1. The Morgan fingerprint density at radius 1 is 1.35 bits per heavy atom. The average molecular weight is 331 g/mol. The summed E-state index contributed by atoms with van der Waals surface area (Å²) in [6.07, 6.45) is 0. The summed E-state index contributed by atoms with van der Waals surface area (Å²) in [5.74, 6) is 0. The Balaban J connectivity index is 1.65. The quantitative estimate of drug-likeness (QED) is 0.911. The van der Waals surface area contributed by atoms with E-state index in [1.165, 1.54) is 0 Å². The lowest BCUT2D eigenvalue weighted by molar-refractivity contribution is -0.0720. The van der Waals surface area contributed by atoms with Gasteiger partial charge in [-0.15, -0.1) is 11.3 Å². The van der Waals surface area contributed by atoms with E-state index in [1.54, 1.807) is 16.2 Å². The van der Waals surface area contributed by atoms with Gasteiger partial charge in [-0.3, -0.25) is 0 Å². The molecule has 3 rings (SSSR count).